The van der Waals surface area contributed by atoms with Gasteiger partial charge in [-0.25, -0.2) is 18.8 Å². The van der Waals surface area contributed by atoms with Gasteiger partial charge in [-0.05, 0) is 44.5 Å². The molecule has 1 heterocycles. The van der Waals surface area contributed by atoms with Gasteiger partial charge < -0.3 is 19.5 Å². The Morgan fingerprint density at radius 1 is 1.00 bits per heavy atom. The van der Waals surface area contributed by atoms with Gasteiger partial charge in [-0.3, -0.25) is 4.79 Å². The van der Waals surface area contributed by atoms with Crippen molar-refractivity contribution < 1.29 is 37.8 Å². The molecule has 0 spiro atoms. The van der Waals surface area contributed by atoms with Gasteiger partial charge in [0.2, 0.25) is 0 Å². The molecule has 1 aromatic heterocycles. The minimum atomic E-state index is -0.884. The predicted octanol–water partition coefficient (Wildman–Crippen LogP) is 3.34. The third kappa shape index (κ3) is 5.63. The fourth-order valence-electron chi connectivity index (χ4n) is 2.43. The van der Waals surface area contributed by atoms with E-state index in [0.29, 0.717) is 5.56 Å². The third-order valence-electron chi connectivity index (χ3n) is 3.73. The first-order valence-electron chi connectivity index (χ1n) is 8.98. The Hall–Kier alpha value is -3.27. The van der Waals surface area contributed by atoms with Gasteiger partial charge in [0, 0.05) is 0 Å². The minimum absolute atomic E-state index is 0.0229. The van der Waals surface area contributed by atoms with Gasteiger partial charge in [-0.15, -0.1) is 11.3 Å². The summed E-state index contributed by atoms with van der Waals surface area (Å²) in [6.45, 7) is 4.36. The van der Waals surface area contributed by atoms with Crippen LogP contribution in [0, 0.1) is 12.7 Å². The van der Waals surface area contributed by atoms with Crippen LogP contribution in [-0.4, -0.2) is 43.6 Å². The Bertz CT molecular complexity index is 970. The van der Waals surface area contributed by atoms with Crippen LogP contribution in [0.2, 0.25) is 0 Å². The molecule has 8 nitrogen and oxygen atoms in total. The Morgan fingerprint density at radius 2 is 1.67 bits per heavy atom. The number of ether oxygens (including phenoxy) is 3. The maximum Gasteiger partial charge on any atom is 0.348 e. The highest BCUT2D eigenvalue weighted by Gasteiger charge is 2.27. The zero-order chi connectivity index (χ0) is 22.3. The molecule has 0 bridgehead atoms. The van der Waals surface area contributed by atoms with Crippen molar-refractivity contribution in [3.05, 3.63) is 51.7 Å². The molecule has 10 heteroatoms. The number of carbonyl (C=O) groups excluding carboxylic acids is 4. The summed E-state index contributed by atoms with van der Waals surface area (Å²) < 4.78 is 28.0. The Labute approximate surface area is 175 Å². The lowest BCUT2D eigenvalue weighted by Gasteiger charge is -2.08. The molecular weight excluding hydrogens is 417 g/mol. The predicted molar refractivity (Wildman–Crippen MR) is 106 cm³/mol. The van der Waals surface area contributed by atoms with E-state index in [1.165, 1.54) is 25.1 Å². The monoisotopic (exact) mass is 437 g/mol. The van der Waals surface area contributed by atoms with E-state index >= 15 is 0 Å². The van der Waals surface area contributed by atoms with Crippen LogP contribution in [0.3, 0.4) is 0 Å². The number of hydrogen-bond acceptors (Lipinski definition) is 8. The molecule has 1 amide bonds. The summed E-state index contributed by atoms with van der Waals surface area (Å²) in [5.41, 5.74) is 0.283. The molecule has 0 unspecified atom stereocenters. The first-order chi connectivity index (χ1) is 14.3. The molecule has 1 N–H and O–H groups in total. The van der Waals surface area contributed by atoms with Crippen LogP contribution < -0.4 is 5.32 Å². The van der Waals surface area contributed by atoms with Gasteiger partial charge in [-0.2, -0.15) is 0 Å². The average Bonchev–Trinajstić information content (AvgIpc) is 3.02. The molecule has 2 aromatic rings. The van der Waals surface area contributed by atoms with Crippen molar-refractivity contribution in [3.8, 4) is 0 Å². The van der Waals surface area contributed by atoms with Crippen LogP contribution in [0.25, 0.3) is 0 Å². The number of esters is 3. The quantitative estimate of drug-likeness (QED) is 0.498. The number of anilines is 1. The van der Waals surface area contributed by atoms with Gasteiger partial charge in [0.1, 0.15) is 15.7 Å². The molecule has 0 saturated carbocycles. The van der Waals surface area contributed by atoms with E-state index in [0.717, 1.165) is 17.4 Å². The summed E-state index contributed by atoms with van der Waals surface area (Å²) in [6.07, 6.45) is 0. The van der Waals surface area contributed by atoms with E-state index in [2.05, 4.69) is 5.32 Å². The second kappa shape index (κ2) is 10.5. The van der Waals surface area contributed by atoms with Gasteiger partial charge in [0.05, 0.1) is 24.3 Å². The topological polar surface area (TPSA) is 108 Å². The van der Waals surface area contributed by atoms with Crippen molar-refractivity contribution in [1.82, 2.24) is 0 Å². The van der Waals surface area contributed by atoms with Gasteiger partial charge >= 0.3 is 17.9 Å². The fraction of sp³-hybridized carbons (Fsp3) is 0.300. The maximum absolute atomic E-state index is 13.2. The van der Waals surface area contributed by atoms with Crippen LogP contribution in [0.4, 0.5) is 9.39 Å². The molecule has 0 atom stereocenters. The number of benzene rings is 1. The van der Waals surface area contributed by atoms with Crippen molar-refractivity contribution in [2.75, 3.05) is 25.1 Å². The number of thiophene rings is 1. The molecule has 0 radical (unpaired) electrons. The van der Waals surface area contributed by atoms with Crippen LogP contribution in [0.15, 0.2) is 24.3 Å². The molecular formula is C20H20FNO7S. The van der Waals surface area contributed by atoms with Crippen molar-refractivity contribution in [2.24, 2.45) is 0 Å². The fourth-order valence-corrected chi connectivity index (χ4v) is 3.54. The van der Waals surface area contributed by atoms with Crippen molar-refractivity contribution in [3.63, 3.8) is 0 Å². The Balaban J connectivity index is 2.16. The van der Waals surface area contributed by atoms with E-state index in [1.807, 2.05) is 0 Å². The largest absolute Gasteiger partial charge is 0.462 e. The Morgan fingerprint density at radius 3 is 2.30 bits per heavy atom. The zero-order valence-corrected chi connectivity index (χ0v) is 17.4. The van der Waals surface area contributed by atoms with Gasteiger partial charge in [0.25, 0.3) is 5.91 Å². The lowest BCUT2D eigenvalue weighted by atomic mass is 10.1. The summed E-state index contributed by atoms with van der Waals surface area (Å²) >= 11 is 0.852. The summed E-state index contributed by atoms with van der Waals surface area (Å²) in [6, 6.07) is 4.83. The normalized spacial score (nSPS) is 10.3. The third-order valence-corrected chi connectivity index (χ3v) is 4.92. The van der Waals surface area contributed by atoms with Crippen LogP contribution in [-0.2, 0) is 19.0 Å². The smallest absolute Gasteiger partial charge is 0.348 e. The molecule has 0 aliphatic rings. The van der Waals surface area contributed by atoms with E-state index in [4.69, 9.17) is 14.2 Å². The molecule has 0 fully saturated rings. The average molecular weight is 437 g/mol. The zero-order valence-electron chi connectivity index (χ0n) is 16.6. The van der Waals surface area contributed by atoms with E-state index < -0.39 is 36.2 Å². The molecule has 1 aromatic carbocycles. The summed E-state index contributed by atoms with van der Waals surface area (Å²) in [4.78, 5) is 48.7. The van der Waals surface area contributed by atoms with E-state index in [1.54, 1.807) is 13.8 Å². The molecule has 30 heavy (non-hydrogen) atoms. The SMILES string of the molecule is CCOC(=O)c1sc(NC(=O)COC(=O)c2cccc(F)c2)c(C(=O)OCC)c1C. The maximum atomic E-state index is 13.2. The first kappa shape index (κ1) is 23.0. The first-order valence-corrected chi connectivity index (χ1v) is 9.80. The number of halogens is 1. The van der Waals surface area contributed by atoms with Gasteiger partial charge in [-0.1, -0.05) is 6.07 Å². The lowest BCUT2D eigenvalue weighted by Crippen LogP contribution is -2.21. The molecule has 160 valence electrons. The van der Waals surface area contributed by atoms with Crippen molar-refractivity contribution >= 4 is 40.2 Å². The molecule has 0 aliphatic carbocycles. The lowest BCUT2D eigenvalue weighted by molar-refractivity contribution is -0.119. The van der Waals surface area contributed by atoms with Gasteiger partial charge in [0.15, 0.2) is 6.61 Å². The number of hydrogen-bond donors (Lipinski definition) is 1. The molecule has 2 rings (SSSR count). The highest BCUT2D eigenvalue weighted by molar-refractivity contribution is 7.18. The number of nitrogens with one attached hydrogen (secondary N) is 1. The van der Waals surface area contributed by atoms with E-state index in [9.17, 15) is 23.6 Å². The molecule has 0 saturated heterocycles. The second-order valence-electron chi connectivity index (χ2n) is 5.84. The Kier molecular flexibility index (Phi) is 8.05. The van der Waals surface area contributed by atoms with Crippen molar-refractivity contribution in [2.45, 2.75) is 20.8 Å². The van der Waals surface area contributed by atoms with Crippen molar-refractivity contribution in [1.29, 1.82) is 0 Å². The second-order valence-corrected chi connectivity index (χ2v) is 6.86. The summed E-state index contributed by atoms with van der Waals surface area (Å²) in [5, 5.41) is 2.52. The van der Waals surface area contributed by atoms with Crippen LogP contribution in [0.1, 0.15) is 49.8 Å². The minimum Gasteiger partial charge on any atom is -0.462 e. The summed E-state index contributed by atoms with van der Waals surface area (Å²) in [7, 11) is 0. The standard InChI is InChI=1S/C20H20FNO7S/c1-4-27-19(25)15-11(3)16(20(26)28-5-2)30-17(15)22-14(23)10-29-18(24)12-7-6-8-13(21)9-12/h6-9H,4-5,10H2,1-3H3,(H,22,23). The highest BCUT2D eigenvalue weighted by Crippen LogP contribution is 2.34. The molecule has 0 aliphatic heterocycles. The number of rotatable bonds is 8. The summed E-state index contributed by atoms with van der Waals surface area (Å²) in [5.74, 6) is -3.60. The van der Waals surface area contributed by atoms with E-state index in [-0.39, 0.29) is 34.2 Å². The number of carbonyl (C=O) groups is 4. The number of amides is 1. The van der Waals surface area contributed by atoms with Crippen LogP contribution >= 0.6 is 11.3 Å². The van der Waals surface area contributed by atoms with Crippen LogP contribution in [0.5, 0.6) is 0 Å². The highest BCUT2D eigenvalue weighted by atomic mass is 32.1.